The van der Waals surface area contributed by atoms with Crippen LogP contribution in [0.25, 0.3) is 0 Å². The Kier molecular flexibility index (Phi) is 3.93. The van der Waals surface area contributed by atoms with E-state index in [1.54, 1.807) is 0 Å². The fourth-order valence-electron chi connectivity index (χ4n) is 1.43. The highest BCUT2D eigenvalue weighted by Gasteiger charge is 2.13. The summed E-state index contributed by atoms with van der Waals surface area (Å²) in [5.74, 6) is -1.43. The Labute approximate surface area is 118 Å². The van der Waals surface area contributed by atoms with E-state index in [2.05, 4.69) is 0 Å². The first-order valence-corrected chi connectivity index (χ1v) is 5.88. The molecule has 98 valence electrons. The Morgan fingerprint density at radius 1 is 1.16 bits per heavy atom. The molecular weight excluding hydrogens is 294 g/mol. The van der Waals surface area contributed by atoms with Gasteiger partial charge in [0.1, 0.15) is 22.9 Å². The first-order valence-electron chi connectivity index (χ1n) is 5.13. The van der Waals surface area contributed by atoms with Crippen LogP contribution in [0, 0.1) is 5.82 Å². The van der Waals surface area contributed by atoms with E-state index in [-0.39, 0.29) is 27.1 Å². The van der Waals surface area contributed by atoms with E-state index >= 15 is 0 Å². The largest absolute Gasteiger partial charge is 0.478 e. The summed E-state index contributed by atoms with van der Waals surface area (Å²) < 4.78 is 18.4. The lowest BCUT2D eigenvalue weighted by molar-refractivity contribution is 0.0694. The Bertz CT molecular complexity index is 644. The Hall–Kier alpha value is -1.78. The van der Waals surface area contributed by atoms with Crippen molar-refractivity contribution in [2.45, 2.75) is 0 Å². The van der Waals surface area contributed by atoms with Crippen LogP contribution in [0.3, 0.4) is 0 Å². The van der Waals surface area contributed by atoms with Crippen molar-refractivity contribution in [2.75, 3.05) is 0 Å². The lowest BCUT2D eigenvalue weighted by atomic mass is 10.2. The number of benzene rings is 2. The predicted molar refractivity (Wildman–Crippen MR) is 69.9 cm³/mol. The van der Waals surface area contributed by atoms with E-state index in [1.807, 2.05) is 0 Å². The average Bonchev–Trinajstić information content (AvgIpc) is 2.36. The smallest absolute Gasteiger partial charge is 0.339 e. The summed E-state index contributed by atoms with van der Waals surface area (Å²) >= 11 is 11.3. The highest BCUT2D eigenvalue weighted by molar-refractivity contribution is 6.31. The van der Waals surface area contributed by atoms with Crippen LogP contribution in [-0.4, -0.2) is 11.1 Å². The predicted octanol–water partition coefficient (Wildman–Crippen LogP) is 4.62. The number of hydrogen-bond donors (Lipinski definition) is 1. The number of rotatable bonds is 3. The van der Waals surface area contributed by atoms with Gasteiger partial charge in [0, 0.05) is 11.1 Å². The van der Waals surface area contributed by atoms with Gasteiger partial charge in [-0.15, -0.1) is 0 Å². The topological polar surface area (TPSA) is 46.5 Å². The third-order valence-corrected chi connectivity index (χ3v) is 2.82. The van der Waals surface area contributed by atoms with Crippen molar-refractivity contribution < 1.29 is 19.0 Å². The summed E-state index contributed by atoms with van der Waals surface area (Å²) in [5.41, 5.74) is -0.0899. The molecule has 0 saturated carbocycles. The van der Waals surface area contributed by atoms with E-state index in [9.17, 15) is 9.18 Å². The molecule has 0 aliphatic carbocycles. The van der Waals surface area contributed by atoms with Gasteiger partial charge in [0.2, 0.25) is 0 Å². The van der Waals surface area contributed by atoms with Crippen molar-refractivity contribution in [1.82, 2.24) is 0 Å². The van der Waals surface area contributed by atoms with Gasteiger partial charge in [0.25, 0.3) is 0 Å². The first kappa shape index (κ1) is 13.6. The molecule has 2 rings (SSSR count). The van der Waals surface area contributed by atoms with Crippen LogP contribution in [0.2, 0.25) is 10.0 Å². The lowest BCUT2D eigenvalue weighted by Gasteiger charge is -2.09. The van der Waals surface area contributed by atoms with Crippen molar-refractivity contribution in [1.29, 1.82) is 0 Å². The number of aromatic carboxylic acids is 1. The average molecular weight is 301 g/mol. The van der Waals surface area contributed by atoms with Gasteiger partial charge in [-0.05, 0) is 30.3 Å². The van der Waals surface area contributed by atoms with E-state index < -0.39 is 11.8 Å². The number of carboxylic acids is 1. The van der Waals surface area contributed by atoms with Crippen molar-refractivity contribution in [3.8, 4) is 11.5 Å². The second-order valence-corrected chi connectivity index (χ2v) is 4.47. The van der Waals surface area contributed by atoms with Crippen molar-refractivity contribution in [3.05, 3.63) is 57.8 Å². The molecule has 0 bridgehead atoms. The minimum atomic E-state index is -1.18. The molecule has 0 aliphatic heterocycles. The van der Waals surface area contributed by atoms with Crippen LogP contribution < -0.4 is 4.74 Å². The number of ether oxygens (including phenoxy) is 1. The van der Waals surface area contributed by atoms with Crippen LogP contribution in [-0.2, 0) is 0 Å². The van der Waals surface area contributed by atoms with E-state index in [0.717, 1.165) is 6.07 Å². The quantitative estimate of drug-likeness (QED) is 0.899. The van der Waals surface area contributed by atoms with Gasteiger partial charge in [-0.25, -0.2) is 9.18 Å². The number of halogens is 3. The van der Waals surface area contributed by atoms with Crippen molar-refractivity contribution in [2.24, 2.45) is 0 Å². The number of carboxylic acid groups (broad SMARTS) is 1. The molecule has 3 nitrogen and oxygen atoms in total. The van der Waals surface area contributed by atoms with Gasteiger partial charge >= 0.3 is 5.97 Å². The molecule has 0 radical (unpaired) electrons. The lowest BCUT2D eigenvalue weighted by Crippen LogP contribution is -2.00. The molecule has 19 heavy (non-hydrogen) atoms. The summed E-state index contributed by atoms with van der Waals surface area (Å²) in [6.07, 6.45) is 0. The fourth-order valence-corrected chi connectivity index (χ4v) is 1.77. The first-order chi connectivity index (χ1) is 8.97. The second-order valence-electron chi connectivity index (χ2n) is 3.62. The maximum atomic E-state index is 13.0. The number of hydrogen-bond acceptors (Lipinski definition) is 2. The molecule has 2 aromatic carbocycles. The molecule has 0 fully saturated rings. The minimum absolute atomic E-state index is 0.0899. The Morgan fingerprint density at radius 2 is 1.89 bits per heavy atom. The Morgan fingerprint density at radius 3 is 2.53 bits per heavy atom. The fraction of sp³-hybridized carbons (Fsp3) is 0. The molecule has 0 unspecified atom stereocenters. The van der Waals surface area contributed by atoms with Crippen LogP contribution >= 0.6 is 23.2 Å². The summed E-state index contributed by atoms with van der Waals surface area (Å²) in [7, 11) is 0. The third-order valence-electron chi connectivity index (χ3n) is 2.29. The molecule has 6 heteroatoms. The third kappa shape index (κ3) is 3.16. The zero-order valence-corrected chi connectivity index (χ0v) is 10.9. The van der Waals surface area contributed by atoms with Crippen LogP contribution in [0.5, 0.6) is 11.5 Å². The highest BCUT2D eigenvalue weighted by Crippen LogP contribution is 2.30. The van der Waals surface area contributed by atoms with Gasteiger partial charge in [-0.3, -0.25) is 0 Å². The van der Waals surface area contributed by atoms with Gasteiger partial charge in [0.15, 0.2) is 0 Å². The van der Waals surface area contributed by atoms with Crippen molar-refractivity contribution in [3.63, 3.8) is 0 Å². The molecule has 0 spiro atoms. The maximum Gasteiger partial charge on any atom is 0.339 e. The normalized spacial score (nSPS) is 10.3. The van der Waals surface area contributed by atoms with Gasteiger partial charge in [-0.2, -0.15) is 0 Å². The standard InChI is InChI=1S/C13H7Cl2FO3/c14-7-1-4-12(9(5-7)13(17)18)19-8-2-3-11(16)10(15)6-8/h1-6H,(H,17,18). The van der Waals surface area contributed by atoms with E-state index in [4.69, 9.17) is 33.0 Å². The molecule has 1 N–H and O–H groups in total. The van der Waals surface area contributed by atoms with Gasteiger partial charge < -0.3 is 9.84 Å². The van der Waals surface area contributed by atoms with Crippen LogP contribution in [0.4, 0.5) is 4.39 Å². The summed E-state index contributed by atoms with van der Waals surface area (Å²) in [6, 6.07) is 7.93. The second kappa shape index (κ2) is 5.47. The summed E-state index contributed by atoms with van der Waals surface area (Å²) in [6.45, 7) is 0. The van der Waals surface area contributed by atoms with E-state index in [1.165, 1.54) is 30.3 Å². The van der Waals surface area contributed by atoms with E-state index in [0.29, 0.717) is 0 Å². The molecule has 0 saturated heterocycles. The monoisotopic (exact) mass is 300 g/mol. The molecule has 0 heterocycles. The molecule has 2 aromatic rings. The molecule has 0 aliphatic rings. The van der Waals surface area contributed by atoms with Gasteiger partial charge in [-0.1, -0.05) is 23.2 Å². The molecular formula is C13H7Cl2FO3. The zero-order valence-electron chi connectivity index (χ0n) is 9.36. The SMILES string of the molecule is O=C(O)c1cc(Cl)ccc1Oc1ccc(F)c(Cl)c1. The summed E-state index contributed by atoms with van der Waals surface area (Å²) in [5, 5.41) is 9.21. The minimum Gasteiger partial charge on any atom is -0.478 e. The number of carbonyl (C=O) groups is 1. The highest BCUT2D eigenvalue weighted by atomic mass is 35.5. The van der Waals surface area contributed by atoms with Crippen LogP contribution in [0.1, 0.15) is 10.4 Å². The van der Waals surface area contributed by atoms with Crippen LogP contribution in [0.15, 0.2) is 36.4 Å². The molecule has 0 atom stereocenters. The summed E-state index contributed by atoms with van der Waals surface area (Å²) in [4.78, 5) is 11.1. The maximum absolute atomic E-state index is 13.0. The Balaban J connectivity index is 2.37. The molecule has 0 amide bonds. The van der Waals surface area contributed by atoms with Crippen molar-refractivity contribution >= 4 is 29.2 Å². The van der Waals surface area contributed by atoms with Gasteiger partial charge in [0.05, 0.1) is 5.02 Å². The zero-order chi connectivity index (χ0) is 14.0. The molecule has 0 aromatic heterocycles.